The van der Waals surface area contributed by atoms with Crippen LogP contribution in [-0.4, -0.2) is 28.8 Å². The predicted octanol–water partition coefficient (Wildman–Crippen LogP) is 7.43. The van der Waals surface area contributed by atoms with Gasteiger partial charge in [-0.2, -0.15) is 0 Å². The molecule has 0 N–H and O–H groups in total. The number of nitrogens with zero attached hydrogens (tertiary/aromatic N) is 3. The highest BCUT2D eigenvalue weighted by molar-refractivity contribution is 7.19. The van der Waals surface area contributed by atoms with Crippen LogP contribution in [0.25, 0.3) is 21.8 Å². The lowest BCUT2D eigenvalue weighted by Crippen LogP contribution is -2.38. The number of likely N-dealkylation sites (tertiary alicyclic amines) is 1. The van der Waals surface area contributed by atoms with E-state index >= 15 is 0 Å². The summed E-state index contributed by atoms with van der Waals surface area (Å²) in [5, 5.41) is 1.71. The quantitative estimate of drug-likeness (QED) is 0.236. The number of hydrogen-bond acceptors (Lipinski definition) is 3. The Morgan fingerprint density at radius 2 is 1.52 bits per heavy atom. The Kier molecular flexibility index (Phi) is 6.31. The number of piperidine rings is 1. The second kappa shape index (κ2) is 9.67. The van der Waals surface area contributed by atoms with Crippen LogP contribution in [-0.2, 0) is 0 Å². The number of rotatable bonds is 4. The van der Waals surface area contributed by atoms with Gasteiger partial charge in [0.1, 0.15) is 27.4 Å². The van der Waals surface area contributed by atoms with Gasteiger partial charge < -0.3 is 4.90 Å². The van der Waals surface area contributed by atoms with Gasteiger partial charge in [-0.1, -0.05) is 78.9 Å². The first-order chi connectivity index (χ1) is 16.2. The lowest BCUT2D eigenvalue weighted by molar-refractivity contribution is 0.281. The molecule has 5 rings (SSSR count). The largest absolute Gasteiger partial charge is 0.356 e. The van der Waals surface area contributed by atoms with Gasteiger partial charge in [0.05, 0.1) is 0 Å². The zero-order chi connectivity index (χ0) is 22.6. The smallest absolute Gasteiger partial charge is 0.146 e. The zero-order valence-corrected chi connectivity index (χ0v) is 19.4. The molecular formula is C28H26FN3S. The predicted molar refractivity (Wildman–Crippen MR) is 136 cm³/mol. The summed E-state index contributed by atoms with van der Waals surface area (Å²) in [6.45, 7) is 4.32. The molecule has 0 bridgehead atoms. The molecule has 1 saturated heterocycles. The van der Waals surface area contributed by atoms with Crippen LogP contribution in [0.4, 0.5) is 9.39 Å². The third-order valence-electron chi connectivity index (χ3n) is 6.07. The van der Waals surface area contributed by atoms with Crippen LogP contribution in [0.3, 0.4) is 0 Å². The van der Waals surface area contributed by atoms with E-state index in [0.717, 1.165) is 57.2 Å². The minimum Gasteiger partial charge on any atom is -0.356 e. The highest BCUT2D eigenvalue weighted by Gasteiger charge is 2.22. The summed E-state index contributed by atoms with van der Waals surface area (Å²) in [5.41, 5.74) is 3.90. The fourth-order valence-corrected chi connectivity index (χ4v) is 5.08. The molecule has 0 spiro atoms. The summed E-state index contributed by atoms with van der Waals surface area (Å²) < 4.78 is 13.5. The number of amidine groups is 1. The summed E-state index contributed by atoms with van der Waals surface area (Å²) in [7, 11) is 0. The van der Waals surface area contributed by atoms with Gasteiger partial charge in [0.25, 0.3) is 0 Å². The molecule has 5 heteroatoms. The van der Waals surface area contributed by atoms with Crippen molar-refractivity contribution in [3.05, 3.63) is 96.3 Å². The Morgan fingerprint density at radius 3 is 2.18 bits per heavy atom. The van der Waals surface area contributed by atoms with Crippen molar-refractivity contribution in [3.63, 3.8) is 0 Å². The van der Waals surface area contributed by atoms with Gasteiger partial charge >= 0.3 is 0 Å². The van der Waals surface area contributed by atoms with Crippen molar-refractivity contribution in [3.8, 4) is 21.8 Å². The van der Waals surface area contributed by atoms with Crippen molar-refractivity contribution < 1.29 is 4.39 Å². The summed E-state index contributed by atoms with van der Waals surface area (Å²) in [6, 6.07) is 27.1. The fraction of sp³-hybridized carbons (Fsp3) is 0.214. The maximum atomic E-state index is 13.5. The maximum Gasteiger partial charge on any atom is 0.146 e. The number of thiazole rings is 1. The monoisotopic (exact) mass is 455 g/mol. The number of hydrogen-bond donors (Lipinski definition) is 0. The molecule has 1 fully saturated rings. The van der Waals surface area contributed by atoms with E-state index < -0.39 is 0 Å². The Bertz CT molecular complexity index is 1230. The molecular weight excluding hydrogens is 429 g/mol. The van der Waals surface area contributed by atoms with Crippen LogP contribution in [0, 0.1) is 11.7 Å². The molecule has 0 aliphatic carbocycles. The Morgan fingerprint density at radius 1 is 0.879 bits per heavy atom. The average Bonchev–Trinajstić information content (AvgIpc) is 3.29. The van der Waals surface area contributed by atoms with E-state index in [9.17, 15) is 4.39 Å². The minimum atomic E-state index is -0.248. The molecule has 0 saturated carbocycles. The van der Waals surface area contributed by atoms with Crippen molar-refractivity contribution in [2.24, 2.45) is 10.9 Å². The molecule has 0 unspecified atom stereocenters. The van der Waals surface area contributed by atoms with Crippen molar-refractivity contribution in [1.82, 2.24) is 9.88 Å². The second-order valence-electron chi connectivity index (χ2n) is 8.52. The summed E-state index contributed by atoms with van der Waals surface area (Å²) in [5.74, 6) is 1.49. The number of benzene rings is 3. The van der Waals surface area contributed by atoms with Gasteiger partial charge in [0, 0.05) is 29.8 Å². The molecule has 3 aromatic carbocycles. The first kappa shape index (κ1) is 21.5. The van der Waals surface area contributed by atoms with Crippen LogP contribution in [0.5, 0.6) is 0 Å². The van der Waals surface area contributed by atoms with Crippen LogP contribution in [0.2, 0.25) is 0 Å². The molecule has 1 aliphatic rings. The standard InChI is InChI=1S/C28H26FN3S/c1-20-16-18-32(19-17-20)26(22-10-6-3-7-11-22)31-28-25(21-8-4-2-5-9-21)30-27(33-28)23-12-14-24(29)15-13-23/h2-15,20H,16-19H2,1H3/b31-26-. The highest BCUT2D eigenvalue weighted by atomic mass is 32.1. The molecule has 2 heterocycles. The van der Waals surface area contributed by atoms with Gasteiger partial charge in [-0.25, -0.2) is 14.4 Å². The third-order valence-corrected chi connectivity index (χ3v) is 7.07. The van der Waals surface area contributed by atoms with Crippen molar-refractivity contribution in [2.75, 3.05) is 13.1 Å². The van der Waals surface area contributed by atoms with E-state index in [0.29, 0.717) is 0 Å². The molecule has 3 nitrogen and oxygen atoms in total. The Balaban J connectivity index is 1.64. The van der Waals surface area contributed by atoms with Crippen molar-refractivity contribution in [1.29, 1.82) is 0 Å². The average molecular weight is 456 g/mol. The second-order valence-corrected chi connectivity index (χ2v) is 9.49. The number of halogens is 1. The van der Waals surface area contributed by atoms with E-state index in [2.05, 4.69) is 48.2 Å². The van der Waals surface area contributed by atoms with Gasteiger partial charge in [0.15, 0.2) is 0 Å². The Hall–Kier alpha value is -3.31. The third kappa shape index (κ3) is 4.88. The molecule has 1 aromatic heterocycles. The van der Waals surface area contributed by atoms with Gasteiger partial charge in [0.2, 0.25) is 0 Å². The van der Waals surface area contributed by atoms with E-state index in [1.165, 1.54) is 25.0 Å². The molecule has 0 amide bonds. The van der Waals surface area contributed by atoms with E-state index in [1.54, 1.807) is 23.5 Å². The fourth-order valence-electron chi connectivity index (χ4n) is 4.11. The van der Waals surface area contributed by atoms with E-state index in [4.69, 9.17) is 9.98 Å². The minimum absolute atomic E-state index is 0.248. The summed E-state index contributed by atoms with van der Waals surface area (Å²) in [4.78, 5) is 12.6. The molecule has 166 valence electrons. The molecule has 33 heavy (non-hydrogen) atoms. The lowest BCUT2D eigenvalue weighted by Gasteiger charge is -2.33. The molecule has 0 atom stereocenters. The first-order valence-electron chi connectivity index (χ1n) is 11.4. The Labute approximate surface area is 198 Å². The summed E-state index contributed by atoms with van der Waals surface area (Å²) in [6.07, 6.45) is 2.34. The first-order valence-corrected chi connectivity index (χ1v) is 12.2. The van der Waals surface area contributed by atoms with Crippen molar-refractivity contribution in [2.45, 2.75) is 19.8 Å². The number of aromatic nitrogens is 1. The van der Waals surface area contributed by atoms with Gasteiger partial charge in [-0.15, -0.1) is 0 Å². The topological polar surface area (TPSA) is 28.5 Å². The SMILES string of the molecule is CC1CCN(/C(=N\c2sc(-c3ccc(F)cc3)nc2-c2ccccc2)c2ccccc2)CC1. The van der Waals surface area contributed by atoms with Crippen LogP contribution in [0.1, 0.15) is 25.3 Å². The lowest BCUT2D eigenvalue weighted by atomic mass is 9.98. The molecule has 1 aliphatic heterocycles. The van der Waals surface area contributed by atoms with Gasteiger partial charge in [-0.05, 0) is 43.0 Å². The van der Waals surface area contributed by atoms with Crippen molar-refractivity contribution >= 4 is 22.2 Å². The van der Waals surface area contributed by atoms with Crippen LogP contribution >= 0.6 is 11.3 Å². The normalized spacial score (nSPS) is 15.1. The molecule has 4 aromatic rings. The highest BCUT2D eigenvalue weighted by Crippen LogP contribution is 2.40. The van der Waals surface area contributed by atoms with E-state index in [1.807, 2.05) is 24.3 Å². The molecule has 0 radical (unpaired) electrons. The number of aliphatic imine (C=N–C) groups is 1. The van der Waals surface area contributed by atoms with E-state index in [-0.39, 0.29) is 5.82 Å². The van der Waals surface area contributed by atoms with Crippen LogP contribution < -0.4 is 0 Å². The zero-order valence-electron chi connectivity index (χ0n) is 18.6. The van der Waals surface area contributed by atoms with Gasteiger partial charge in [-0.3, -0.25) is 0 Å². The summed E-state index contributed by atoms with van der Waals surface area (Å²) >= 11 is 1.55. The van der Waals surface area contributed by atoms with Crippen LogP contribution in [0.15, 0.2) is 89.9 Å². The maximum absolute atomic E-state index is 13.5.